The molecule has 1 rings (SSSR count). The van der Waals surface area contributed by atoms with Gasteiger partial charge in [0, 0.05) is 13.0 Å². The van der Waals surface area contributed by atoms with Crippen LogP contribution in [-0.4, -0.2) is 24.8 Å². The zero-order chi connectivity index (χ0) is 11.1. The van der Waals surface area contributed by atoms with Crippen molar-refractivity contribution in [1.29, 1.82) is 5.26 Å². The average Bonchev–Trinajstić information content (AvgIpc) is 2.64. The molecule has 0 aromatic rings. The minimum Gasteiger partial charge on any atom is -0.378 e. The highest BCUT2D eigenvalue weighted by Gasteiger charge is 2.39. The van der Waals surface area contributed by atoms with Gasteiger partial charge in [0.1, 0.15) is 5.54 Å². The molecule has 2 unspecified atom stereocenters. The third-order valence-corrected chi connectivity index (χ3v) is 3.05. The third kappa shape index (κ3) is 3.48. The van der Waals surface area contributed by atoms with Crippen LogP contribution in [0.25, 0.3) is 0 Å². The van der Waals surface area contributed by atoms with Gasteiger partial charge >= 0.3 is 0 Å². The van der Waals surface area contributed by atoms with Gasteiger partial charge in [-0.2, -0.15) is 5.26 Å². The normalized spacial score (nSPS) is 30.3. The van der Waals surface area contributed by atoms with E-state index in [1.165, 1.54) is 6.42 Å². The van der Waals surface area contributed by atoms with Crippen molar-refractivity contribution in [2.45, 2.75) is 57.6 Å². The summed E-state index contributed by atoms with van der Waals surface area (Å²) in [6.07, 6.45) is 5.37. The van der Waals surface area contributed by atoms with Gasteiger partial charge in [0.2, 0.25) is 0 Å². The molecular formula is C12H22N2O. The highest BCUT2D eigenvalue weighted by Crippen LogP contribution is 2.31. The molecule has 0 heterocycles. The molecule has 2 atom stereocenters. The molecule has 0 amide bonds. The monoisotopic (exact) mass is 210 g/mol. The predicted octanol–water partition coefficient (Wildman–Crippen LogP) is 2.23. The largest absolute Gasteiger partial charge is 0.378 e. The third-order valence-electron chi connectivity index (χ3n) is 3.05. The van der Waals surface area contributed by atoms with E-state index in [2.05, 4.69) is 18.3 Å². The van der Waals surface area contributed by atoms with E-state index in [4.69, 9.17) is 10.00 Å². The van der Waals surface area contributed by atoms with Crippen molar-refractivity contribution in [3.63, 3.8) is 0 Å². The van der Waals surface area contributed by atoms with Crippen LogP contribution >= 0.6 is 0 Å². The lowest BCUT2D eigenvalue weighted by Gasteiger charge is -2.21. The summed E-state index contributed by atoms with van der Waals surface area (Å²) < 4.78 is 5.76. The van der Waals surface area contributed by atoms with Crippen LogP contribution in [0.1, 0.15) is 46.0 Å². The first-order valence-electron chi connectivity index (χ1n) is 6.04. The summed E-state index contributed by atoms with van der Waals surface area (Å²) in [4.78, 5) is 0. The van der Waals surface area contributed by atoms with Crippen LogP contribution in [0.3, 0.4) is 0 Å². The van der Waals surface area contributed by atoms with Crippen LogP contribution < -0.4 is 5.32 Å². The fourth-order valence-electron chi connectivity index (χ4n) is 2.18. The summed E-state index contributed by atoms with van der Waals surface area (Å²) in [6.45, 7) is 5.91. The fraction of sp³-hybridized carbons (Fsp3) is 0.917. The summed E-state index contributed by atoms with van der Waals surface area (Å²) in [5, 5.41) is 12.5. The Morgan fingerprint density at radius 2 is 2.33 bits per heavy atom. The van der Waals surface area contributed by atoms with Crippen molar-refractivity contribution in [2.75, 3.05) is 13.2 Å². The first-order chi connectivity index (χ1) is 7.26. The van der Waals surface area contributed by atoms with Gasteiger partial charge in [0.15, 0.2) is 0 Å². The molecule has 86 valence electrons. The maximum absolute atomic E-state index is 9.17. The van der Waals surface area contributed by atoms with Gasteiger partial charge in [-0.25, -0.2) is 0 Å². The zero-order valence-electron chi connectivity index (χ0n) is 9.88. The number of hydrogen-bond donors (Lipinski definition) is 1. The Balaban J connectivity index is 2.33. The van der Waals surface area contributed by atoms with Crippen molar-refractivity contribution in [1.82, 2.24) is 5.32 Å². The van der Waals surface area contributed by atoms with E-state index in [9.17, 15) is 0 Å². The van der Waals surface area contributed by atoms with Crippen molar-refractivity contribution < 1.29 is 4.74 Å². The van der Waals surface area contributed by atoms with Gasteiger partial charge in [-0.3, -0.25) is 5.32 Å². The molecule has 0 aromatic carbocycles. The van der Waals surface area contributed by atoms with E-state index in [0.717, 1.165) is 38.8 Å². The molecular weight excluding hydrogens is 188 g/mol. The van der Waals surface area contributed by atoms with Crippen molar-refractivity contribution >= 4 is 0 Å². The van der Waals surface area contributed by atoms with Gasteiger partial charge in [-0.05, 0) is 25.8 Å². The lowest BCUT2D eigenvalue weighted by molar-refractivity contribution is 0.0529. The number of nitriles is 1. The van der Waals surface area contributed by atoms with Crippen LogP contribution in [0, 0.1) is 11.3 Å². The predicted molar refractivity (Wildman–Crippen MR) is 60.5 cm³/mol. The molecule has 1 aliphatic carbocycles. The van der Waals surface area contributed by atoms with E-state index >= 15 is 0 Å². The average molecular weight is 210 g/mol. The molecule has 0 aromatic heterocycles. The molecule has 0 aliphatic heterocycles. The van der Waals surface area contributed by atoms with Crippen LogP contribution in [0.15, 0.2) is 0 Å². The lowest BCUT2D eigenvalue weighted by Crippen LogP contribution is -2.41. The van der Waals surface area contributed by atoms with Crippen LogP contribution in [0.4, 0.5) is 0 Å². The summed E-state index contributed by atoms with van der Waals surface area (Å²) in [5.74, 6) is 0. The molecule has 0 radical (unpaired) electrons. The Morgan fingerprint density at radius 3 is 2.93 bits per heavy atom. The fourth-order valence-corrected chi connectivity index (χ4v) is 2.18. The Morgan fingerprint density at radius 1 is 1.53 bits per heavy atom. The van der Waals surface area contributed by atoms with Gasteiger partial charge < -0.3 is 4.74 Å². The second-order valence-electron chi connectivity index (χ2n) is 4.31. The van der Waals surface area contributed by atoms with Crippen LogP contribution in [0.2, 0.25) is 0 Å². The number of rotatable bonds is 6. The molecule has 0 saturated heterocycles. The number of nitrogens with zero attached hydrogens (tertiary/aromatic N) is 1. The Hall–Kier alpha value is -0.590. The topological polar surface area (TPSA) is 45.0 Å². The van der Waals surface area contributed by atoms with Gasteiger partial charge in [-0.15, -0.1) is 0 Å². The molecule has 1 N–H and O–H groups in total. The van der Waals surface area contributed by atoms with E-state index in [1.807, 2.05) is 6.92 Å². The Kier molecular flexibility index (Phi) is 5.07. The molecule has 1 saturated carbocycles. The number of unbranched alkanes of at least 4 members (excludes halogenated alkanes) is 1. The smallest absolute Gasteiger partial charge is 0.109 e. The molecule has 3 heteroatoms. The number of nitrogens with one attached hydrogen (secondary N) is 1. The van der Waals surface area contributed by atoms with Crippen LogP contribution in [0.5, 0.6) is 0 Å². The highest BCUT2D eigenvalue weighted by atomic mass is 16.5. The number of hydrogen-bond acceptors (Lipinski definition) is 3. The second kappa shape index (κ2) is 6.09. The van der Waals surface area contributed by atoms with Crippen molar-refractivity contribution in [2.24, 2.45) is 0 Å². The van der Waals surface area contributed by atoms with Gasteiger partial charge in [-0.1, -0.05) is 20.3 Å². The van der Waals surface area contributed by atoms with E-state index < -0.39 is 0 Å². The Labute approximate surface area is 92.8 Å². The van der Waals surface area contributed by atoms with Crippen molar-refractivity contribution in [3.8, 4) is 6.07 Å². The molecule has 15 heavy (non-hydrogen) atoms. The maximum Gasteiger partial charge on any atom is 0.109 e. The standard InChI is InChI=1S/C12H22N2O/c1-3-5-8-15-11-6-7-12(9-11,10-13)14-4-2/h11,14H,3-9H2,1-2H3. The quantitative estimate of drug-likeness (QED) is 0.684. The van der Waals surface area contributed by atoms with E-state index in [1.54, 1.807) is 0 Å². The highest BCUT2D eigenvalue weighted by molar-refractivity contribution is 5.12. The van der Waals surface area contributed by atoms with Crippen LogP contribution in [-0.2, 0) is 4.74 Å². The lowest BCUT2D eigenvalue weighted by atomic mass is 10.00. The second-order valence-corrected chi connectivity index (χ2v) is 4.31. The summed E-state index contributed by atoms with van der Waals surface area (Å²) in [6, 6.07) is 2.41. The molecule has 1 fully saturated rings. The van der Waals surface area contributed by atoms with Gasteiger partial charge in [0.25, 0.3) is 0 Å². The molecule has 1 aliphatic rings. The van der Waals surface area contributed by atoms with E-state index in [0.29, 0.717) is 0 Å². The number of ether oxygens (including phenoxy) is 1. The first-order valence-corrected chi connectivity index (χ1v) is 6.04. The molecule has 0 spiro atoms. The van der Waals surface area contributed by atoms with Crippen molar-refractivity contribution in [3.05, 3.63) is 0 Å². The minimum absolute atomic E-state index is 0.287. The van der Waals surface area contributed by atoms with E-state index in [-0.39, 0.29) is 11.6 Å². The molecule has 3 nitrogen and oxygen atoms in total. The minimum atomic E-state index is -0.314. The summed E-state index contributed by atoms with van der Waals surface area (Å²) >= 11 is 0. The summed E-state index contributed by atoms with van der Waals surface area (Å²) in [5.41, 5.74) is -0.314. The van der Waals surface area contributed by atoms with Gasteiger partial charge in [0.05, 0.1) is 12.2 Å². The Bertz CT molecular complexity index is 224. The maximum atomic E-state index is 9.17. The zero-order valence-corrected chi connectivity index (χ0v) is 9.88. The SMILES string of the molecule is CCCCOC1CCC(C#N)(NCC)C1. The first kappa shape index (κ1) is 12.5. The summed E-state index contributed by atoms with van der Waals surface area (Å²) in [7, 11) is 0. The molecule has 0 bridgehead atoms.